The van der Waals surface area contributed by atoms with Crippen LogP contribution in [0, 0.1) is 19.8 Å². The van der Waals surface area contributed by atoms with Crippen LogP contribution in [0.15, 0.2) is 42.6 Å². The summed E-state index contributed by atoms with van der Waals surface area (Å²) in [5, 5.41) is 11.9. The number of pyridine rings is 1. The zero-order valence-electron chi connectivity index (χ0n) is 13.9. The van der Waals surface area contributed by atoms with E-state index < -0.39 is 12.0 Å². The number of hydrogen-bond donors (Lipinski definition) is 1. The van der Waals surface area contributed by atoms with Crippen molar-refractivity contribution in [2.24, 2.45) is 5.92 Å². The van der Waals surface area contributed by atoms with Gasteiger partial charge in [0.15, 0.2) is 0 Å². The molecule has 0 bridgehead atoms. The Morgan fingerprint density at radius 2 is 2.00 bits per heavy atom. The van der Waals surface area contributed by atoms with Gasteiger partial charge in [-0.3, -0.25) is 14.3 Å². The number of para-hydroxylation sites is 1. The molecule has 1 aliphatic rings. The molecule has 0 aliphatic carbocycles. The fourth-order valence-electron chi connectivity index (χ4n) is 3.91. The van der Waals surface area contributed by atoms with E-state index in [1.807, 2.05) is 35.8 Å². The summed E-state index contributed by atoms with van der Waals surface area (Å²) in [5.74, 6) is -0.452. The monoisotopic (exact) mass is 320 g/mol. The normalized spacial score (nSPS) is 18.6. The maximum absolute atomic E-state index is 13.2. The van der Waals surface area contributed by atoms with Crippen LogP contribution in [0.25, 0.3) is 10.9 Å². The second kappa shape index (κ2) is 5.56. The van der Waals surface area contributed by atoms with E-state index in [1.165, 1.54) is 5.56 Å². The molecule has 4 rings (SSSR count). The predicted octanol–water partition coefficient (Wildman–Crippen LogP) is 3.59. The van der Waals surface area contributed by atoms with Crippen LogP contribution in [0.2, 0.25) is 0 Å². The van der Waals surface area contributed by atoms with Gasteiger partial charge in [0.05, 0.1) is 17.5 Å². The molecule has 1 aromatic carbocycles. The molecule has 0 spiro atoms. The maximum Gasteiger partial charge on any atom is 0.237 e. The lowest BCUT2D eigenvalue weighted by molar-refractivity contribution is 0.0540. The first-order chi connectivity index (χ1) is 11.6. The molecule has 0 radical (unpaired) electrons. The van der Waals surface area contributed by atoms with E-state index in [4.69, 9.17) is 0 Å². The number of aliphatic hydroxyl groups excluding tert-OH is 1. The Kier molecular flexibility index (Phi) is 3.50. The van der Waals surface area contributed by atoms with Gasteiger partial charge >= 0.3 is 0 Å². The number of carbonyl (C=O) groups excluding carboxylic acids is 1. The molecule has 2 atom stereocenters. The fourth-order valence-corrected chi connectivity index (χ4v) is 3.91. The summed E-state index contributed by atoms with van der Waals surface area (Å²) >= 11 is 0. The van der Waals surface area contributed by atoms with E-state index in [9.17, 15) is 9.90 Å². The lowest BCUT2D eigenvalue weighted by Gasteiger charge is -2.28. The molecule has 24 heavy (non-hydrogen) atoms. The average molecular weight is 320 g/mol. The Bertz CT molecular complexity index is 942. The molecule has 122 valence electrons. The van der Waals surface area contributed by atoms with Gasteiger partial charge in [0.25, 0.3) is 0 Å². The Labute approximate surface area is 140 Å². The molecule has 0 saturated carbocycles. The molecule has 0 saturated heterocycles. The highest BCUT2D eigenvalue weighted by Crippen LogP contribution is 2.37. The lowest BCUT2D eigenvalue weighted by Crippen LogP contribution is -2.33. The molecule has 1 N–H and O–H groups in total. The van der Waals surface area contributed by atoms with Crippen molar-refractivity contribution in [1.29, 1.82) is 0 Å². The highest BCUT2D eigenvalue weighted by Gasteiger charge is 2.36. The predicted molar refractivity (Wildman–Crippen MR) is 93.0 cm³/mol. The topological polar surface area (TPSA) is 55.1 Å². The molecular weight excluding hydrogens is 300 g/mol. The summed E-state index contributed by atoms with van der Waals surface area (Å²) in [6.07, 6.45) is 2.34. The third-order valence-corrected chi connectivity index (χ3v) is 5.23. The zero-order chi connectivity index (χ0) is 16.8. The van der Waals surface area contributed by atoms with Crippen molar-refractivity contribution >= 4 is 16.8 Å². The van der Waals surface area contributed by atoms with Gasteiger partial charge in [-0.1, -0.05) is 24.3 Å². The van der Waals surface area contributed by atoms with Gasteiger partial charge < -0.3 is 5.11 Å². The Morgan fingerprint density at radius 1 is 1.21 bits per heavy atom. The van der Waals surface area contributed by atoms with Crippen molar-refractivity contribution < 1.29 is 9.90 Å². The van der Waals surface area contributed by atoms with Gasteiger partial charge in [-0.2, -0.15) is 0 Å². The minimum atomic E-state index is -0.819. The SMILES string of the molecule is Cc1ncccc1C(O)C1CCc2c(C)c3ccccc3n2C1=O. The highest BCUT2D eigenvalue weighted by atomic mass is 16.3. The first kappa shape index (κ1) is 15.1. The van der Waals surface area contributed by atoms with Gasteiger partial charge in [0.1, 0.15) is 0 Å². The van der Waals surface area contributed by atoms with Gasteiger partial charge in [-0.25, -0.2) is 0 Å². The van der Waals surface area contributed by atoms with Crippen LogP contribution < -0.4 is 0 Å². The maximum atomic E-state index is 13.2. The van der Waals surface area contributed by atoms with Gasteiger partial charge in [0, 0.05) is 28.5 Å². The molecule has 4 heteroatoms. The minimum absolute atomic E-state index is 0.0173. The van der Waals surface area contributed by atoms with Crippen molar-refractivity contribution in [3.05, 3.63) is 65.1 Å². The second-order valence-electron chi connectivity index (χ2n) is 6.53. The summed E-state index contributed by atoms with van der Waals surface area (Å²) in [4.78, 5) is 17.4. The van der Waals surface area contributed by atoms with E-state index in [1.54, 1.807) is 12.3 Å². The number of nitrogens with zero attached hydrogens (tertiary/aromatic N) is 2. The van der Waals surface area contributed by atoms with Gasteiger partial charge in [0.2, 0.25) is 5.91 Å². The summed E-state index contributed by atoms with van der Waals surface area (Å²) in [6.45, 7) is 3.94. The van der Waals surface area contributed by atoms with Crippen molar-refractivity contribution in [2.45, 2.75) is 32.8 Å². The van der Waals surface area contributed by atoms with Crippen LogP contribution in [0.3, 0.4) is 0 Å². The summed E-state index contributed by atoms with van der Waals surface area (Å²) in [6, 6.07) is 11.6. The van der Waals surface area contributed by atoms with Crippen LogP contribution >= 0.6 is 0 Å². The molecule has 3 heterocycles. The van der Waals surface area contributed by atoms with Crippen LogP contribution in [0.5, 0.6) is 0 Å². The number of rotatable bonds is 2. The highest BCUT2D eigenvalue weighted by molar-refractivity contribution is 5.97. The third-order valence-electron chi connectivity index (χ3n) is 5.23. The summed E-state index contributed by atoms with van der Waals surface area (Å²) < 4.78 is 1.81. The van der Waals surface area contributed by atoms with Crippen molar-refractivity contribution in [1.82, 2.24) is 9.55 Å². The average Bonchev–Trinajstić information content (AvgIpc) is 2.89. The number of aryl methyl sites for hydroxylation is 2. The molecule has 0 fully saturated rings. The smallest absolute Gasteiger partial charge is 0.237 e. The standard InChI is InChI=1S/C20H20N2O2/c1-12-14-6-3-4-8-18(14)22-17(12)10-9-16(20(22)24)19(23)15-7-5-11-21-13(15)2/h3-8,11,16,19,23H,9-10H2,1-2H3. The number of fused-ring (bicyclic) bond motifs is 3. The van der Waals surface area contributed by atoms with E-state index >= 15 is 0 Å². The molecule has 4 nitrogen and oxygen atoms in total. The van der Waals surface area contributed by atoms with E-state index in [0.29, 0.717) is 6.42 Å². The van der Waals surface area contributed by atoms with Crippen molar-refractivity contribution in [3.63, 3.8) is 0 Å². The Hall–Kier alpha value is -2.46. The Morgan fingerprint density at radius 3 is 2.79 bits per heavy atom. The van der Waals surface area contributed by atoms with E-state index in [0.717, 1.165) is 34.3 Å². The number of aromatic nitrogens is 2. The number of carbonyl (C=O) groups is 1. The van der Waals surface area contributed by atoms with Crippen molar-refractivity contribution in [2.75, 3.05) is 0 Å². The largest absolute Gasteiger partial charge is 0.388 e. The van der Waals surface area contributed by atoms with E-state index in [2.05, 4.69) is 18.0 Å². The molecular formula is C20H20N2O2. The van der Waals surface area contributed by atoms with Crippen LogP contribution in [-0.4, -0.2) is 20.6 Å². The molecule has 2 aromatic heterocycles. The molecule has 2 unspecified atom stereocenters. The van der Waals surface area contributed by atoms with Crippen molar-refractivity contribution in [3.8, 4) is 0 Å². The minimum Gasteiger partial charge on any atom is -0.388 e. The zero-order valence-corrected chi connectivity index (χ0v) is 13.9. The van der Waals surface area contributed by atoms with Gasteiger partial charge in [-0.05, 0) is 44.4 Å². The van der Waals surface area contributed by atoms with Crippen LogP contribution in [0.4, 0.5) is 0 Å². The quantitative estimate of drug-likeness (QED) is 0.785. The first-order valence-corrected chi connectivity index (χ1v) is 8.32. The number of aliphatic hydroxyl groups is 1. The summed E-state index contributed by atoms with van der Waals surface area (Å²) in [7, 11) is 0. The Balaban J connectivity index is 1.80. The molecule has 3 aromatic rings. The first-order valence-electron chi connectivity index (χ1n) is 8.32. The van der Waals surface area contributed by atoms with Gasteiger partial charge in [-0.15, -0.1) is 0 Å². The number of benzene rings is 1. The summed E-state index contributed by atoms with van der Waals surface area (Å²) in [5.41, 5.74) is 4.71. The number of hydrogen-bond acceptors (Lipinski definition) is 3. The van der Waals surface area contributed by atoms with Crippen LogP contribution in [0.1, 0.15) is 39.8 Å². The second-order valence-corrected chi connectivity index (χ2v) is 6.53. The lowest BCUT2D eigenvalue weighted by atomic mass is 9.87. The third kappa shape index (κ3) is 2.10. The fraction of sp³-hybridized carbons (Fsp3) is 0.300. The molecule has 1 aliphatic heterocycles. The van der Waals surface area contributed by atoms with Crippen LogP contribution in [-0.2, 0) is 6.42 Å². The molecule has 0 amide bonds. The van der Waals surface area contributed by atoms with E-state index in [-0.39, 0.29) is 5.91 Å².